The normalized spacial score (nSPS) is 22.0. The quantitative estimate of drug-likeness (QED) is 0.570. The predicted molar refractivity (Wildman–Crippen MR) is 98.4 cm³/mol. The summed E-state index contributed by atoms with van der Waals surface area (Å²) in [4.78, 5) is 25.9. The van der Waals surface area contributed by atoms with Gasteiger partial charge in [0.15, 0.2) is 0 Å². The molecule has 0 bridgehead atoms. The first-order chi connectivity index (χ1) is 12.5. The summed E-state index contributed by atoms with van der Waals surface area (Å²) >= 11 is 0. The fourth-order valence-electron chi connectivity index (χ4n) is 3.85. The minimum absolute atomic E-state index is 0.0284. The van der Waals surface area contributed by atoms with E-state index in [1.807, 2.05) is 30.3 Å². The van der Waals surface area contributed by atoms with Crippen molar-refractivity contribution in [1.29, 1.82) is 0 Å². The molecule has 0 radical (unpaired) electrons. The Morgan fingerprint density at radius 3 is 2.50 bits per heavy atom. The van der Waals surface area contributed by atoms with Crippen molar-refractivity contribution in [3.05, 3.63) is 47.2 Å². The Labute approximate surface area is 152 Å². The number of aliphatic hydroxyl groups is 1. The average molecular weight is 356 g/mol. The van der Waals surface area contributed by atoms with Crippen molar-refractivity contribution in [2.45, 2.75) is 51.1 Å². The van der Waals surface area contributed by atoms with E-state index >= 15 is 0 Å². The lowest BCUT2D eigenvalue weighted by molar-refractivity contribution is -0.130. The third-order valence-electron chi connectivity index (χ3n) is 5.02. The summed E-state index contributed by atoms with van der Waals surface area (Å²) in [5.74, 6) is -0.282. The van der Waals surface area contributed by atoms with Crippen molar-refractivity contribution in [2.75, 3.05) is 0 Å². The minimum atomic E-state index is -0.821. The smallest absolute Gasteiger partial charge is 0.332 e. The van der Waals surface area contributed by atoms with E-state index in [1.165, 1.54) is 6.42 Å². The third kappa shape index (κ3) is 3.42. The number of nitrogens with two attached hydrogens (primary N) is 1. The molecule has 7 heteroatoms. The molecule has 1 aliphatic carbocycles. The molecule has 1 aromatic rings. The van der Waals surface area contributed by atoms with Crippen LogP contribution in [-0.2, 0) is 4.79 Å². The summed E-state index contributed by atoms with van der Waals surface area (Å²) in [5.41, 5.74) is 8.40. The van der Waals surface area contributed by atoms with E-state index in [9.17, 15) is 14.7 Å². The Morgan fingerprint density at radius 1 is 1.23 bits per heavy atom. The van der Waals surface area contributed by atoms with Gasteiger partial charge in [0.1, 0.15) is 17.4 Å². The van der Waals surface area contributed by atoms with Crippen molar-refractivity contribution in [2.24, 2.45) is 10.8 Å². The molecule has 1 fully saturated rings. The number of aliphatic hydroxyl groups excluding tert-OH is 1. The number of benzene rings is 1. The lowest BCUT2D eigenvalue weighted by atomic mass is 9.92. The maximum Gasteiger partial charge on any atom is 0.332 e. The van der Waals surface area contributed by atoms with Crippen LogP contribution in [-0.4, -0.2) is 33.7 Å². The molecule has 1 aromatic carbocycles. The van der Waals surface area contributed by atoms with Crippen LogP contribution in [0.1, 0.15) is 50.6 Å². The monoisotopic (exact) mass is 356 g/mol. The molecular weight excluding hydrogens is 332 g/mol. The van der Waals surface area contributed by atoms with Gasteiger partial charge in [-0.25, -0.2) is 10.2 Å². The molecule has 26 heavy (non-hydrogen) atoms. The number of hydrazone groups is 1. The number of rotatable bonds is 4. The van der Waals surface area contributed by atoms with Gasteiger partial charge in [0.2, 0.25) is 0 Å². The molecule has 0 saturated heterocycles. The molecule has 4 N–H and O–H groups in total. The van der Waals surface area contributed by atoms with Crippen molar-refractivity contribution in [3.8, 4) is 0 Å². The third-order valence-corrected chi connectivity index (χ3v) is 5.02. The Bertz CT molecular complexity index is 751. The van der Waals surface area contributed by atoms with Crippen molar-refractivity contribution in [3.63, 3.8) is 0 Å². The second kappa shape index (κ2) is 7.59. The summed E-state index contributed by atoms with van der Waals surface area (Å²) in [6, 6.07) is 8.22. The van der Waals surface area contributed by atoms with Gasteiger partial charge < -0.3 is 15.7 Å². The number of carbonyl (C=O) groups excluding carboxylic acids is 2. The first-order valence-electron chi connectivity index (χ1n) is 8.91. The summed E-state index contributed by atoms with van der Waals surface area (Å²) in [6.45, 7) is 1.58. The van der Waals surface area contributed by atoms with Gasteiger partial charge in [-0.2, -0.15) is 5.10 Å². The molecule has 0 aromatic heterocycles. The summed E-state index contributed by atoms with van der Waals surface area (Å²) < 4.78 is 0. The largest absolute Gasteiger partial charge is 0.509 e. The molecule has 1 heterocycles. The number of primary amides is 1. The Balaban J connectivity index is 2.01. The molecule has 0 spiro atoms. The molecular formula is C19H24N4O3. The highest BCUT2D eigenvalue weighted by atomic mass is 16.3. The average Bonchev–Trinajstić information content (AvgIpc) is 2.91. The number of amides is 3. The first kappa shape index (κ1) is 18.0. The van der Waals surface area contributed by atoms with Crippen LogP contribution in [0.2, 0.25) is 0 Å². The van der Waals surface area contributed by atoms with Crippen molar-refractivity contribution in [1.82, 2.24) is 10.3 Å². The summed E-state index contributed by atoms with van der Waals surface area (Å²) in [6.07, 6.45) is 5.16. The molecule has 1 aliphatic heterocycles. The fourth-order valence-corrected chi connectivity index (χ4v) is 3.85. The topological polar surface area (TPSA) is 108 Å². The molecule has 138 valence electrons. The van der Waals surface area contributed by atoms with Crippen LogP contribution in [0.25, 0.3) is 0 Å². The van der Waals surface area contributed by atoms with Gasteiger partial charge in [0.25, 0.3) is 5.91 Å². The molecule has 7 nitrogen and oxygen atoms in total. The number of nitrogens with zero attached hydrogens (tertiary/aromatic N) is 2. The standard InChI is InChI=1S/C19H24N4O3/c1-12(21-22-19(20)26)15-17(24)16(13-8-4-2-5-9-13)23(18(15)25)14-10-6-3-7-11-14/h2,4-5,8-9,14,16,24H,3,6-7,10-11H2,1H3,(H3,20,22,26). The first-order valence-corrected chi connectivity index (χ1v) is 8.91. The molecule has 3 rings (SSSR count). The SMILES string of the molecule is CC(=NNC(N)=O)C1=C(O)C(c2ccccc2)N(C2CCCCC2)C1=O. The van der Waals surface area contributed by atoms with Crippen LogP contribution in [0, 0.1) is 0 Å². The number of hydrogen-bond donors (Lipinski definition) is 3. The fraction of sp³-hybridized carbons (Fsp3) is 0.421. The molecule has 1 saturated carbocycles. The lowest BCUT2D eigenvalue weighted by Gasteiger charge is -2.36. The maximum atomic E-state index is 13.2. The van der Waals surface area contributed by atoms with Gasteiger partial charge >= 0.3 is 6.03 Å². The highest BCUT2D eigenvalue weighted by Crippen LogP contribution is 2.41. The van der Waals surface area contributed by atoms with Crippen molar-refractivity contribution < 1.29 is 14.7 Å². The van der Waals surface area contributed by atoms with Crippen molar-refractivity contribution >= 4 is 17.6 Å². The van der Waals surface area contributed by atoms with E-state index in [2.05, 4.69) is 10.5 Å². The summed E-state index contributed by atoms with van der Waals surface area (Å²) in [7, 11) is 0. The second-order valence-electron chi connectivity index (χ2n) is 6.75. The Kier molecular flexibility index (Phi) is 5.25. The zero-order valence-corrected chi connectivity index (χ0v) is 14.8. The summed E-state index contributed by atoms with van der Waals surface area (Å²) in [5, 5.41) is 14.7. The van der Waals surface area contributed by atoms with Crippen LogP contribution >= 0.6 is 0 Å². The van der Waals surface area contributed by atoms with E-state index in [0.29, 0.717) is 0 Å². The molecule has 1 unspecified atom stereocenters. The highest BCUT2D eigenvalue weighted by Gasteiger charge is 2.44. The molecule has 2 aliphatic rings. The predicted octanol–water partition coefficient (Wildman–Crippen LogP) is 2.76. The van der Waals surface area contributed by atoms with E-state index in [0.717, 1.165) is 31.2 Å². The van der Waals surface area contributed by atoms with Crippen LogP contribution < -0.4 is 11.2 Å². The Hall–Kier alpha value is -2.83. The van der Waals surface area contributed by atoms with Gasteiger partial charge in [-0.15, -0.1) is 0 Å². The van der Waals surface area contributed by atoms with E-state index in [-0.39, 0.29) is 29.0 Å². The van der Waals surface area contributed by atoms with Gasteiger partial charge in [-0.1, -0.05) is 49.6 Å². The van der Waals surface area contributed by atoms with Crippen LogP contribution in [0.4, 0.5) is 4.79 Å². The number of hydrogen-bond acceptors (Lipinski definition) is 4. The zero-order valence-electron chi connectivity index (χ0n) is 14.8. The van der Waals surface area contributed by atoms with E-state index in [4.69, 9.17) is 5.73 Å². The molecule has 3 amide bonds. The van der Waals surface area contributed by atoms with Crippen LogP contribution in [0.5, 0.6) is 0 Å². The Morgan fingerprint density at radius 2 is 1.88 bits per heavy atom. The zero-order chi connectivity index (χ0) is 18.7. The highest BCUT2D eigenvalue weighted by molar-refractivity contribution is 6.22. The van der Waals surface area contributed by atoms with Gasteiger partial charge in [0, 0.05) is 6.04 Å². The number of urea groups is 1. The van der Waals surface area contributed by atoms with Gasteiger partial charge in [-0.3, -0.25) is 4.79 Å². The number of carbonyl (C=O) groups is 2. The van der Waals surface area contributed by atoms with Crippen LogP contribution in [0.3, 0.4) is 0 Å². The lowest BCUT2D eigenvalue weighted by Crippen LogP contribution is -2.41. The number of nitrogens with one attached hydrogen (secondary N) is 1. The van der Waals surface area contributed by atoms with Gasteiger partial charge in [0.05, 0.1) is 5.71 Å². The molecule has 1 atom stereocenters. The van der Waals surface area contributed by atoms with E-state index in [1.54, 1.807) is 11.8 Å². The minimum Gasteiger partial charge on any atom is -0.509 e. The van der Waals surface area contributed by atoms with E-state index < -0.39 is 12.1 Å². The second-order valence-corrected chi connectivity index (χ2v) is 6.75. The van der Waals surface area contributed by atoms with Crippen LogP contribution in [0.15, 0.2) is 46.8 Å². The maximum absolute atomic E-state index is 13.2. The van der Waals surface area contributed by atoms with Gasteiger partial charge in [-0.05, 0) is 25.3 Å².